The van der Waals surface area contributed by atoms with Gasteiger partial charge in [-0.1, -0.05) is 0 Å². The van der Waals surface area contributed by atoms with Gasteiger partial charge in [0.05, 0.1) is 29.3 Å². The molecule has 2 rings (SSSR count). The molecule has 1 saturated heterocycles. The van der Waals surface area contributed by atoms with Gasteiger partial charge in [-0.15, -0.1) is 0 Å². The Hall–Kier alpha value is -1.20. The Balaban J connectivity index is 2.16. The minimum Gasteiger partial charge on any atom is -0.366 e. The summed E-state index contributed by atoms with van der Waals surface area (Å²) < 4.78 is 6.08. The van der Waals surface area contributed by atoms with E-state index < -0.39 is 0 Å². The number of hydrogen-bond acceptors (Lipinski definition) is 5. The van der Waals surface area contributed by atoms with Crippen molar-refractivity contribution in [1.82, 2.24) is 15.3 Å². The van der Waals surface area contributed by atoms with E-state index in [1.807, 2.05) is 19.4 Å². The van der Waals surface area contributed by atoms with Crippen LogP contribution < -0.4 is 10.2 Å². The van der Waals surface area contributed by atoms with E-state index in [1.165, 1.54) is 0 Å². The molecule has 0 bridgehead atoms. The van der Waals surface area contributed by atoms with Crippen LogP contribution in [0.5, 0.6) is 0 Å². The van der Waals surface area contributed by atoms with Crippen molar-refractivity contribution >= 4 is 5.82 Å². The lowest BCUT2D eigenvalue weighted by molar-refractivity contribution is -0.133. The summed E-state index contributed by atoms with van der Waals surface area (Å²) in [6, 6.07) is 0. The predicted octanol–water partition coefficient (Wildman–Crippen LogP) is 1.59. The van der Waals surface area contributed by atoms with Crippen LogP contribution in [-0.2, 0) is 11.3 Å². The third kappa shape index (κ3) is 3.64. The SMILES string of the molecule is CNCc1cnc(N2CC(C)(C)OC(C)(C)C2)cn1. The Morgan fingerprint density at radius 3 is 2.26 bits per heavy atom. The van der Waals surface area contributed by atoms with Gasteiger partial charge in [-0.25, -0.2) is 4.98 Å². The van der Waals surface area contributed by atoms with Gasteiger partial charge in [0.25, 0.3) is 0 Å². The lowest BCUT2D eigenvalue weighted by Gasteiger charge is -2.47. The zero-order chi connectivity index (χ0) is 14.1. The first-order chi connectivity index (χ1) is 8.81. The molecule has 0 atom stereocenters. The molecule has 5 heteroatoms. The second-order valence-corrected chi connectivity index (χ2v) is 6.37. The van der Waals surface area contributed by atoms with Gasteiger partial charge in [0.15, 0.2) is 0 Å². The van der Waals surface area contributed by atoms with Crippen molar-refractivity contribution in [3.63, 3.8) is 0 Å². The molecule has 1 aromatic heterocycles. The summed E-state index contributed by atoms with van der Waals surface area (Å²) in [7, 11) is 1.91. The average molecular weight is 264 g/mol. The summed E-state index contributed by atoms with van der Waals surface area (Å²) in [5, 5.41) is 3.07. The second kappa shape index (κ2) is 5.06. The van der Waals surface area contributed by atoms with Crippen LogP contribution in [-0.4, -0.2) is 41.3 Å². The molecule has 1 aliphatic heterocycles. The van der Waals surface area contributed by atoms with Crippen LogP contribution in [0.1, 0.15) is 33.4 Å². The quantitative estimate of drug-likeness (QED) is 0.898. The summed E-state index contributed by atoms with van der Waals surface area (Å²) in [5.41, 5.74) is 0.609. The standard InChI is InChI=1S/C14H24N4O/c1-13(2)9-18(10-14(3,4)19-13)12-8-16-11(6-15-5)7-17-12/h7-8,15H,6,9-10H2,1-5H3. The van der Waals surface area contributed by atoms with Crippen LogP contribution in [0, 0.1) is 0 Å². The first-order valence-corrected chi connectivity index (χ1v) is 6.72. The minimum absolute atomic E-state index is 0.174. The molecule has 0 radical (unpaired) electrons. The molecule has 1 N–H and O–H groups in total. The van der Waals surface area contributed by atoms with Crippen molar-refractivity contribution < 1.29 is 4.74 Å². The highest BCUT2D eigenvalue weighted by atomic mass is 16.5. The van der Waals surface area contributed by atoms with Crippen LogP contribution in [0.2, 0.25) is 0 Å². The van der Waals surface area contributed by atoms with Crippen LogP contribution in [0.15, 0.2) is 12.4 Å². The van der Waals surface area contributed by atoms with Crippen LogP contribution in [0.3, 0.4) is 0 Å². The van der Waals surface area contributed by atoms with Crippen molar-refractivity contribution in [2.24, 2.45) is 0 Å². The van der Waals surface area contributed by atoms with Crippen LogP contribution >= 0.6 is 0 Å². The molecule has 0 spiro atoms. The van der Waals surface area contributed by atoms with Gasteiger partial charge in [-0.05, 0) is 34.7 Å². The Bertz CT molecular complexity index is 412. The van der Waals surface area contributed by atoms with Crippen molar-refractivity contribution in [3.05, 3.63) is 18.1 Å². The van der Waals surface area contributed by atoms with Crippen molar-refractivity contribution in [2.45, 2.75) is 45.4 Å². The van der Waals surface area contributed by atoms with Gasteiger partial charge in [-0.2, -0.15) is 0 Å². The van der Waals surface area contributed by atoms with Crippen molar-refractivity contribution in [2.75, 3.05) is 25.0 Å². The molecular weight excluding hydrogens is 240 g/mol. The molecule has 0 aliphatic carbocycles. The van der Waals surface area contributed by atoms with E-state index in [0.717, 1.165) is 31.1 Å². The van der Waals surface area contributed by atoms with E-state index in [0.29, 0.717) is 0 Å². The predicted molar refractivity (Wildman–Crippen MR) is 76.3 cm³/mol. The molecule has 2 heterocycles. The molecule has 0 unspecified atom stereocenters. The van der Waals surface area contributed by atoms with Gasteiger partial charge in [0.2, 0.25) is 0 Å². The molecular formula is C14H24N4O. The number of hydrogen-bond donors (Lipinski definition) is 1. The topological polar surface area (TPSA) is 50.3 Å². The van der Waals surface area contributed by atoms with Crippen LogP contribution in [0.25, 0.3) is 0 Å². The fraction of sp³-hybridized carbons (Fsp3) is 0.714. The maximum Gasteiger partial charge on any atom is 0.147 e. The lowest BCUT2D eigenvalue weighted by atomic mass is 9.99. The molecule has 0 saturated carbocycles. The van der Waals surface area contributed by atoms with E-state index >= 15 is 0 Å². The molecule has 1 aliphatic rings. The number of aromatic nitrogens is 2. The third-order valence-corrected chi connectivity index (χ3v) is 3.07. The highest BCUT2D eigenvalue weighted by Gasteiger charge is 2.38. The highest BCUT2D eigenvalue weighted by Crippen LogP contribution is 2.30. The highest BCUT2D eigenvalue weighted by molar-refractivity contribution is 5.38. The van der Waals surface area contributed by atoms with E-state index in [-0.39, 0.29) is 11.2 Å². The minimum atomic E-state index is -0.174. The second-order valence-electron chi connectivity index (χ2n) is 6.37. The normalized spacial score (nSPS) is 21.4. The number of ether oxygens (including phenoxy) is 1. The van der Waals surface area contributed by atoms with E-state index in [9.17, 15) is 0 Å². The maximum absolute atomic E-state index is 6.08. The van der Waals surface area contributed by atoms with Crippen LogP contribution in [0.4, 0.5) is 5.82 Å². The van der Waals surface area contributed by atoms with Gasteiger partial charge in [0.1, 0.15) is 5.82 Å². The summed E-state index contributed by atoms with van der Waals surface area (Å²) >= 11 is 0. The zero-order valence-corrected chi connectivity index (χ0v) is 12.5. The first kappa shape index (κ1) is 14.2. The number of nitrogens with one attached hydrogen (secondary N) is 1. The average Bonchev–Trinajstić information content (AvgIpc) is 2.26. The van der Waals surface area contributed by atoms with Crippen molar-refractivity contribution in [3.8, 4) is 0 Å². The lowest BCUT2D eigenvalue weighted by Crippen LogP contribution is -2.57. The number of morpholine rings is 1. The molecule has 19 heavy (non-hydrogen) atoms. The Morgan fingerprint density at radius 2 is 1.79 bits per heavy atom. The molecule has 1 aromatic rings. The number of rotatable bonds is 3. The number of anilines is 1. The molecule has 0 aromatic carbocycles. The first-order valence-electron chi connectivity index (χ1n) is 6.72. The monoisotopic (exact) mass is 264 g/mol. The molecule has 0 amide bonds. The zero-order valence-electron chi connectivity index (χ0n) is 12.5. The van der Waals surface area contributed by atoms with Crippen molar-refractivity contribution in [1.29, 1.82) is 0 Å². The van der Waals surface area contributed by atoms with E-state index in [1.54, 1.807) is 0 Å². The van der Waals surface area contributed by atoms with Gasteiger partial charge in [0, 0.05) is 19.6 Å². The maximum atomic E-state index is 6.08. The van der Waals surface area contributed by atoms with E-state index in [4.69, 9.17) is 4.74 Å². The largest absolute Gasteiger partial charge is 0.366 e. The molecule has 106 valence electrons. The Morgan fingerprint density at radius 1 is 1.16 bits per heavy atom. The fourth-order valence-electron chi connectivity index (χ4n) is 2.73. The third-order valence-electron chi connectivity index (χ3n) is 3.07. The fourth-order valence-corrected chi connectivity index (χ4v) is 2.73. The summed E-state index contributed by atoms with van der Waals surface area (Å²) in [6.07, 6.45) is 3.69. The summed E-state index contributed by atoms with van der Waals surface area (Å²) in [4.78, 5) is 11.2. The van der Waals surface area contributed by atoms with Gasteiger partial charge in [-0.3, -0.25) is 4.98 Å². The molecule has 5 nitrogen and oxygen atoms in total. The Labute approximate surface area is 115 Å². The van der Waals surface area contributed by atoms with Gasteiger partial charge < -0.3 is 15.0 Å². The van der Waals surface area contributed by atoms with E-state index in [2.05, 4.69) is 47.9 Å². The summed E-state index contributed by atoms with van der Waals surface area (Å²) in [5.74, 6) is 0.921. The Kier molecular flexibility index (Phi) is 3.78. The summed E-state index contributed by atoms with van der Waals surface area (Å²) in [6.45, 7) is 10.9. The van der Waals surface area contributed by atoms with Gasteiger partial charge >= 0.3 is 0 Å². The smallest absolute Gasteiger partial charge is 0.147 e. The number of nitrogens with zero attached hydrogens (tertiary/aromatic N) is 3. The molecule has 1 fully saturated rings.